The topological polar surface area (TPSA) is 63.4 Å². The number of benzene rings is 1. The third-order valence-electron chi connectivity index (χ3n) is 2.37. The molecule has 0 unspecified atom stereocenters. The number of nitrogen functional groups attached to an aromatic ring is 1. The maximum absolute atomic E-state index is 11.5. The highest BCUT2D eigenvalue weighted by Gasteiger charge is 2.30. The van der Waals surface area contributed by atoms with Crippen LogP contribution < -0.4 is 10.6 Å². The lowest BCUT2D eigenvalue weighted by atomic mass is 10.2. The summed E-state index contributed by atoms with van der Waals surface area (Å²) in [6.45, 7) is 0. The molecular formula is C10H8Br2N2O2. The Balaban J connectivity index is 2.48. The van der Waals surface area contributed by atoms with Gasteiger partial charge in [0.05, 0.1) is 11.4 Å². The van der Waals surface area contributed by atoms with Crippen LogP contribution in [0.3, 0.4) is 0 Å². The molecule has 1 aromatic rings. The number of nitrogens with zero attached hydrogens (tertiary/aromatic N) is 1. The van der Waals surface area contributed by atoms with Crippen molar-refractivity contribution in [3.63, 3.8) is 0 Å². The lowest BCUT2D eigenvalue weighted by Gasteiger charge is -2.15. The van der Waals surface area contributed by atoms with Crippen LogP contribution in [0, 0.1) is 0 Å². The number of hydrogen-bond acceptors (Lipinski definition) is 3. The van der Waals surface area contributed by atoms with Crippen LogP contribution in [0.2, 0.25) is 0 Å². The monoisotopic (exact) mass is 346 g/mol. The Kier molecular flexibility index (Phi) is 3.03. The van der Waals surface area contributed by atoms with Crippen LogP contribution in [0.1, 0.15) is 12.8 Å². The fraction of sp³-hybridized carbons (Fsp3) is 0.200. The lowest BCUT2D eigenvalue weighted by Crippen LogP contribution is -2.28. The Morgan fingerprint density at radius 1 is 1.06 bits per heavy atom. The van der Waals surface area contributed by atoms with Crippen molar-refractivity contribution < 1.29 is 9.59 Å². The molecule has 2 N–H and O–H groups in total. The number of nitrogens with two attached hydrogens (primary N) is 1. The van der Waals surface area contributed by atoms with Gasteiger partial charge in [0.1, 0.15) is 0 Å². The molecule has 0 saturated carbocycles. The first kappa shape index (κ1) is 11.6. The van der Waals surface area contributed by atoms with Gasteiger partial charge >= 0.3 is 0 Å². The molecule has 1 aliphatic rings. The van der Waals surface area contributed by atoms with Crippen LogP contribution in [0.4, 0.5) is 11.4 Å². The van der Waals surface area contributed by atoms with E-state index in [-0.39, 0.29) is 24.7 Å². The molecule has 6 heteroatoms. The van der Waals surface area contributed by atoms with E-state index in [0.717, 1.165) is 0 Å². The molecular weight excluding hydrogens is 340 g/mol. The molecule has 2 amide bonds. The van der Waals surface area contributed by atoms with Gasteiger partial charge in [0, 0.05) is 21.8 Å². The van der Waals surface area contributed by atoms with Crippen LogP contribution >= 0.6 is 31.9 Å². The average Bonchev–Trinajstić information content (AvgIpc) is 2.54. The van der Waals surface area contributed by atoms with Crippen molar-refractivity contribution in [2.75, 3.05) is 10.6 Å². The molecule has 1 aromatic carbocycles. The molecule has 0 radical (unpaired) electrons. The Labute approximate surface area is 109 Å². The molecule has 0 atom stereocenters. The van der Waals surface area contributed by atoms with Gasteiger partial charge in [-0.25, -0.2) is 0 Å². The molecule has 1 aliphatic heterocycles. The second-order valence-electron chi connectivity index (χ2n) is 3.45. The number of imide groups is 1. The molecule has 2 rings (SSSR count). The number of anilines is 2. The number of amides is 2. The van der Waals surface area contributed by atoms with Gasteiger partial charge in [-0.15, -0.1) is 0 Å². The fourth-order valence-electron chi connectivity index (χ4n) is 1.56. The van der Waals surface area contributed by atoms with Crippen LogP contribution in [0.25, 0.3) is 0 Å². The third-order valence-corrected chi connectivity index (χ3v) is 3.69. The van der Waals surface area contributed by atoms with E-state index >= 15 is 0 Å². The van der Waals surface area contributed by atoms with Crippen molar-refractivity contribution in [1.82, 2.24) is 0 Å². The van der Waals surface area contributed by atoms with Crippen molar-refractivity contribution in [2.45, 2.75) is 12.8 Å². The van der Waals surface area contributed by atoms with Crippen molar-refractivity contribution in [1.29, 1.82) is 0 Å². The van der Waals surface area contributed by atoms with Crippen molar-refractivity contribution >= 4 is 55.0 Å². The first-order chi connectivity index (χ1) is 7.50. The average molecular weight is 348 g/mol. The molecule has 0 aromatic heterocycles. The van der Waals surface area contributed by atoms with E-state index in [2.05, 4.69) is 31.9 Å². The van der Waals surface area contributed by atoms with Crippen molar-refractivity contribution in [3.05, 3.63) is 21.1 Å². The Hall–Kier alpha value is -0.880. The number of carbonyl (C=O) groups is 2. The summed E-state index contributed by atoms with van der Waals surface area (Å²) < 4.78 is 1.31. The first-order valence-electron chi connectivity index (χ1n) is 4.61. The van der Waals surface area contributed by atoms with E-state index in [4.69, 9.17) is 5.73 Å². The molecule has 1 fully saturated rings. The number of carbonyl (C=O) groups excluding carboxylic acids is 2. The first-order valence-corrected chi connectivity index (χ1v) is 6.19. The second kappa shape index (κ2) is 4.18. The molecule has 1 saturated heterocycles. The highest BCUT2D eigenvalue weighted by atomic mass is 79.9. The summed E-state index contributed by atoms with van der Waals surface area (Å²) in [5.41, 5.74) is 6.82. The van der Waals surface area contributed by atoms with E-state index in [9.17, 15) is 9.59 Å². The molecule has 84 valence electrons. The molecule has 0 aliphatic carbocycles. The van der Waals surface area contributed by atoms with Crippen LogP contribution in [-0.2, 0) is 9.59 Å². The van der Waals surface area contributed by atoms with Crippen molar-refractivity contribution in [3.8, 4) is 0 Å². The SMILES string of the molecule is Nc1c(Br)cc(N2C(=O)CCC2=O)cc1Br. The van der Waals surface area contributed by atoms with E-state index in [1.54, 1.807) is 12.1 Å². The number of rotatable bonds is 1. The molecule has 0 spiro atoms. The normalized spacial score (nSPS) is 16.0. The van der Waals surface area contributed by atoms with Gasteiger partial charge in [-0.05, 0) is 44.0 Å². The molecule has 0 bridgehead atoms. The zero-order valence-corrected chi connectivity index (χ0v) is 11.3. The standard InChI is InChI=1S/C10H8Br2N2O2/c11-6-3-5(4-7(12)10(6)13)14-8(15)1-2-9(14)16/h3-4H,1-2,13H2. The van der Waals surface area contributed by atoms with E-state index in [0.29, 0.717) is 20.3 Å². The van der Waals surface area contributed by atoms with Gasteiger partial charge in [-0.2, -0.15) is 0 Å². The minimum absolute atomic E-state index is 0.173. The van der Waals surface area contributed by atoms with Crippen LogP contribution in [0.15, 0.2) is 21.1 Å². The van der Waals surface area contributed by atoms with Crippen LogP contribution in [0.5, 0.6) is 0 Å². The fourth-order valence-corrected chi connectivity index (χ4v) is 2.73. The summed E-state index contributed by atoms with van der Waals surface area (Å²) in [7, 11) is 0. The summed E-state index contributed by atoms with van der Waals surface area (Å²) in [6.07, 6.45) is 0.552. The zero-order chi connectivity index (χ0) is 11.9. The lowest BCUT2D eigenvalue weighted by molar-refractivity contribution is -0.121. The van der Waals surface area contributed by atoms with Gasteiger partial charge < -0.3 is 5.73 Å². The predicted octanol–water partition coefficient (Wildman–Crippen LogP) is 2.45. The summed E-state index contributed by atoms with van der Waals surface area (Å²) in [5, 5.41) is 0. The Bertz CT molecular complexity index is 449. The molecule has 4 nitrogen and oxygen atoms in total. The van der Waals surface area contributed by atoms with Crippen LogP contribution in [-0.4, -0.2) is 11.8 Å². The smallest absolute Gasteiger partial charge is 0.234 e. The Morgan fingerprint density at radius 3 is 1.94 bits per heavy atom. The van der Waals surface area contributed by atoms with Crippen molar-refractivity contribution in [2.24, 2.45) is 0 Å². The van der Waals surface area contributed by atoms with Gasteiger partial charge in [-0.3, -0.25) is 14.5 Å². The third kappa shape index (κ3) is 1.87. The van der Waals surface area contributed by atoms with Gasteiger partial charge in [0.25, 0.3) is 0 Å². The molecule has 1 heterocycles. The summed E-state index contributed by atoms with van der Waals surface area (Å²) in [4.78, 5) is 24.3. The summed E-state index contributed by atoms with van der Waals surface area (Å²) in [6, 6.07) is 3.34. The van der Waals surface area contributed by atoms with E-state index < -0.39 is 0 Å². The van der Waals surface area contributed by atoms with Gasteiger partial charge in [0.15, 0.2) is 0 Å². The highest BCUT2D eigenvalue weighted by Crippen LogP contribution is 2.34. The van der Waals surface area contributed by atoms with Gasteiger partial charge in [-0.1, -0.05) is 0 Å². The maximum atomic E-state index is 11.5. The van der Waals surface area contributed by atoms with E-state index in [1.807, 2.05) is 0 Å². The largest absolute Gasteiger partial charge is 0.397 e. The minimum Gasteiger partial charge on any atom is -0.397 e. The Morgan fingerprint density at radius 2 is 1.50 bits per heavy atom. The summed E-state index contributed by atoms with van der Waals surface area (Å²) >= 11 is 6.56. The predicted molar refractivity (Wildman–Crippen MR) is 68.0 cm³/mol. The highest BCUT2D eigenvalue weighted by molar-refractivity contribution is 9.11. The number of halogens is 2. The van der Waals surface area contributed by atoms with Gasteiger partial charge in [0.2, 0.25) is 11.8 Å². The maximum Gasteiger partial charge on any atom is 0.234 e. The molecule has 16 heavy (non-hydrogen) atoms. The zero-order valence-electron chi connectivity index (χ0n) is 8.17. The number of hydrogen-bond donors (Lipinski definition) is 1. The van der Waals surface area contributed by atoms with E-state index in [1.165, 1.54) is 4.90 Å². The summed E-state index contributed by atoms with van der Waals surface area (Å²) in [5.74, 6) is -0.345. The minimum atomic E-state index is -0.173. The quantitative estimate of drug-likeness (QED) is 0.627. The second-order valence-corrected chi connectivity index (χ2v) is 5.15.